The quantitative estimate of drug-likeness (QED) is 0.758. The van der Waals surface area contributed by atoms with E-state index in [9.17, 15) is 9.59 Å². The first-order chi connectivity index (χ1) is 8.47. The molecule has 0 radical (unpaired) electrons. The van der Waals surface area contributed by atoms with Crippen LogP contribution in [0.2, 0.25) is 0 Å². The van der Waals surface area contributed by atoms with Gasteiger partial charge in [0.2, 0.25) is 5.91 Å². The van der Waals surface area contributed by atoms with Crippen LogP contribution < -0.4 is 10.9 Å². The summed E-state index contributed by atoms with van der Waals surface area (Å²) in [7, 11) is 0. The Labute approximate surface area is 106 Å². The Balaban J connectivity index is 1.78. The number of nitrogens with one attached hydrogen (secondary N) is 2. The first-order valence-electron chi connectivity index (χ1n) is 6.07. The van der Waals surface area contributed by atoms with Gasteiger partial charge >= 0.3 is 0 Å². The fourth-order valence-corrected chi connectivity index (χ4v) is 1.92. The number of carbonyl (C=O) groups is 2. The molecule has 6 nitrogen and oxygen atoms in total. The molecule has 18 heavy (non-hydrogen) atoms. The fourth-order valence-electron chi connectivity index (χ4n) is 1.92. The molecule has 0 bridgehead atoms. The van der Waals surface area contributed by atoms with Crippen LogP contribution in [0.15, 0.2) is 6.07 Å². The summed E-state index contributed by atoms with van der Waals surface area (Å²) in [6.45, 7) is 5.89. The molecule has 2 amide bonds. The summed E-state index contributed by atoms with van der Waals surface area (Å²) in [4.78, 5) is 23.1. The highest BCUT2D eigenvalue weighted by Crippen LogP contribution is 2.37. The summed E-state index contributed by atoms with van der Waals surface area (Å²) in [5, 5.41) is 4.18. The van der Waals surface area contributed by atoms with Crippen molar-refractivity contribution in [3.05, 3.63) is 17.5 Å². The van der Waals surface area contributed by atoms with Crippen molar-refractivity contribution in [3.63, 3.8) is 0 Å². The van der Waals surface area contributed by atoms with Gasteiger partial charge in [-0.05, 0) is 32.3 Å². The van der Waals surface area contributed by atoms with Crippen molar-refractivity contribution in [2.75, 3.05) is 0 Å². The molecule has 6 heteroatoms. The molecule has 98 valence electrons. The predicted octanol–water partition coefficient (Wildman–Crippen LogP) is 0.303. The number of aromatic nitrogens is 2. The van der Waals surface area contributed by atoms with E-state index in [0.717, 1.165) is 17.8 Å². The van der Waals surface area contributed by atoms with Crippen LogP contribution in [0.3, 0.4) is 0 Å². The van der Waals surface area contributed by atoms with Gasteiger partial charge in [0.05, 0.1) is 5.69 Å². The smallest absolute Gasteiger partial charge is 0.260 e. The van der Waals surface area contributed by atoms with Gasteiger partial charge in [-0.2, -0.15) is 5.10 Å². The summed E-state index contributed by atoms with van der Waals surface area (Å²) >= 11 is 0. The lowest BCUT2D eigenvalue weighted by molar-refractivity contribution is -0.130. The van der Waals surface area contributed by atoms with Gasteiger partial charge in [-0.1, -0.05) is 6.92 Å². The van der Waals surface area contributed by atoms with Crippen LogP contribution in [-0.2, 0) is 16.1 Å². The fraction of sp³-hybridized carbons (Fsp3) is 0.583. The molecule has 1 aromatic rings. The number of carbonyl (C=O) groups excluding carboxylic acids is 2. The summed E-state index contributed by atoms with van der Waals surface area (Å²) in [6, 6.07) is 1.90. The zero-order valence-electron chi connectivity index (χ0n) is 10.9. The summed E-state index contributed by atoms with van der Waals surface area (Å²) in [6.07, 6.45) is 0.902. The molecule has 1 saturated carbocycles. The molecule has 1 aliphatic carbocycles. The third-order valence-corrected chi connectivity index (χ3v) is 3.17. The Kier molecular flexibility index (Phi) is 3.36. The van der Waals surface area contributed by atoms with E-state index in [1.165, 1.54) is 0 Å². The van der Waals surface area contributed by atoms with Crippen LogP contribution in [0.4, 0.5) is 0 Å². The topological polar surface area (TPSA) is 76.0 Å². The zero-order valence-corrected chi connectivity index (χ0v) is 10.9. The van der Waals surface area contributed by atoms with Gasteiger partial charge in [-0.25, -0.2) is 0 Å². The molecule has 1 aliphatic rings. The van der Waals surface area contributed by atoms with Crippen molar-refractivity contribution >= 4 is 11.8 Å². The second kappa shape index (κ2) is 4.80. The Morgan fingerprint density at radius 3 is 2.61 bits per heavy atom. The van der Waals surface area contributed by atoms with Gasteiger partial charge in [0.1, 0.15) is 6.54 Å². The Morgan fingerprint density at radius 1 is 1.44 bits per heavy atom. The standard InChI is InChI=1S/C12H18N4O2/c1-7-4-10(7)12(18)14-13-11(17)6-16-9(3)5-8(2)15-16/h5,7,10H,4,6H2,1-3H3,(H,13,17)(H,14,18)/t7-,10+/m0/s1. The van der Waals surface area contributed by atoms with Crippen molar-refractivity contribution in [2.45, 2.75) is 33.7 Å². The van der Waals surface area contributed by atoms with E-state index in [1.54, 1.807) is 4.68 Å². The maximum Gasteiger partial charge on any atom is 0.260 e. The molecule has 1 fully saturated rings. The molecule has 0 unspecified atom stereocenters. The number of aryl methyl sites for hydroxylation is 2. The summed E-state index contributed by atoms with van der Waals surface area (Å²) in [5.74, 6) is 0.101. The minimum atomic E-state index is -0.275. The number of rotatable bonds is 3. The van der Waals surface area contributed by atoms with E-state index in [4.69, 9.17) is 0 Å². The summed E-state index contributed by atoms with van der Waals surface area (Å²) in [5.41, 5.74) is 6.64. The minimum absolute atomic E-state index is 0.0546. The van der Waals surface area contributed by atoms with Crippen LogP contribution in [0.5, 0.6) is 0 Å². The van der Waals surface area contributed by atoms with Gasteiger partial charge in [0.15, 0.2) is 0 Å². The van der Waals surface area contributed by atoms with Crippen LogP contribution in [0.25, 0.3) is 0 Å². The minimum Gasteiger partial charge on any atom is -0.273 e. The van der Waals surface area contributed by atoms with Crippen LogP contribution in [0.1, 0.15) is 24.7 Å². The molecule has 2 atom stereocenters. The first kappa shape index (κ1) is 12.6. The first-order valence-corrected chi connectivity index (χ1v) is 6.07. The second-order valence-corrected chi connectivity index (χ2v) is 4.94. The molecule has 1 heterocycles. The number of amides is 2. The Morgan fingerprint density at radius 2 is 2.11 bits per heavy atom. The highest BCUT2D eigenvalue weighted by Gasteiger charge is 2.39. The Bertz CT molecular complexity index is 480. The zero-order chi connectivity index (χ0) is 13.3. The molecule has 0 saturated heterocycles. The van der Waals surface area contributed by atoms with Crippen molar-refractivity contribution in [1.29, 1.82) is 0 Å². The van der Waals surface area contributed by atoms with Crippen LogP contribution >= 0.6 is 0 Å². The van der Waals surface area contributed by atoms with Gasteiger partial charge in [0.25, 0.3) is 5.91 Å². The average Bonchev–Trinajstić information content (AvgIpc) is 2.94. The van der Waals surface area contributed by atoms with Gasteiger partial charge in [-0.15, -0.1) is 0 Å². The van der Waals surface area contributed by atoms with Crippen LogP contribution in [-0.4, -0.2) is 21.6 Å². The lowest BCUT2D eigenvalue weighted by Gasteiger charge is -2.08. The normalized spacial score (nSPS) is 21.5. The van der Waals surface area contributed by atoms with E-state index in [2.05, 4.69) is 16.0 Å². The van der Waals surface area contributed by atoms with Crippen molar-refractivity contribution in [3.8, 4) is 0 Å². The monoisotopic (exact) mass is 250 g/mol. The number of nitrogens with zero attached hydrogens (tertiary/aromatic N) is 2. The molecular weight excluding hydrogens is 232 g/mol. The number of hydrogen-bond acceptors (Lipinski definition) is 3. The molecule has 0 spiro atoms. The molecule has 2 rings (SSSR count). The van der Waals surface area contributed by atoms with E-state index < -0.39 is 0 Å². The molecular formula is C12H18N4O2. The lowest BCUT2D eigenvalue weighted by atomic mass is 10.3. The van der Waals surface area contributed by atoms with E-state index in [0.29, 0.717) is 5.92 Å². The van der Waals surface area contributed by atoms with Gasteiger partial charge < -0.3 is 0 Å². The SMILES string of the molecule is Cc1cc(C)n(CC(=O)NNC(=O)[C@@H]2C[C@@H]2C)n1. The molecule has 1 aromatic heterocycles. The highest BCUT2D eigenvalue weighted by atomic mass is 16.2. The maximum atomic E-state index is 11.6. The third-order valence-electron chi connectivity index (χ3n) is 3.17. The van der Waals surface area contributed by atoms with Crippen molar-refractivity contribution in [1.82, 2.24) is 20.6 Å². The summed E-state index contributed by atoms with van der Waals surface area (Å²) < 4.78 is 1.61. The predicted molar refractivity (Wildman–Crippen MR) is 65.3 cm³/mol. The van der Waals surface area contributed by atoms with Crippen LogP contribution in [0, 0.1) is 25.7 Å². The Hall–Kier alpha value is -1.85. The number of hydrogen-bond donors (Lipinski definition) is 2. The van der Waals surface area contributed by atoms with E-state index in [-0.39, 0.29) is 24.3 Å². The maximum absolute atomic E-state index is 11.6. The van der Waals surface area contributed by atoms with Crippen molar-refractivity contribution < 1.29 is 9.59 Å². The lowest BCUT2D eigenvalue weighted by Crippen LogP contribution is -2.44. The largest absolute Gasteiger partial charge is 0.273 e. The highest BCUT2D eigenvalue weighted by molar-refractivity contribution is 5.84. The van der Waals surface area contributed by atoms with E-state index in [1.807, 2.05) is 26.8 Å². The van der Waals surface area contributed by atoms with Gasteiger partial charge in [-0.3, -0.25) is 25.1 Å². The third kappa shape index (κ3) is 2.88. The average molecular weight is 250 g/mol. The second-order valence-electron chi connectivity index (χ2n) is 4.94. The molecule has 0 aliphatic heterocycles. The molecule has 2 N–H and O–H groups in total. The van der Waals surface area contributed by atoms with Crippen molar-refractivity contribution in [2.24, 2.45) is 11.8 Å². The molecule has 0 aromatic carbocycles. The number of hydrazine groups is 1. The van der Waals surface area contributed by atoms with Gasteiger partial charge in [0, 0.05) is 11.6 Å². The van der Waals surface area contributed by atoms with E-state index >= 15 is 0 Å².